The number of imidazole rings is 1. The zero-order chi connectivity index (χ0) is 13.9. The molecule has 20 heavy (non-hydrogen) atoms. The van der Waals surface area contributed by atoms with Crippen molar-refractivity contribution < 1.29 is 0 Å². The fourth-order valence-corrected chi connectivity index (χ4v) is 2.70. The number of hydrogen-bond donors (Lipinski definition) is 1. The molecule has 0 saturated carbocycles. The molecule has 0 bridgehead atoms. The Labute approximate surface area is 119 Å². The highest BCUT2D eigenvalue weighted by atomic mass is 15.2. The molecular weight excluding hydrogens is 252 g/mol. The van der Waals surface area contributed by atoms with Gasteiger partial charge in [0, 0.05) is 39.6 Å². The maximum Gasteiger partial charge on any atom is 0.180 e. The number of likely N-dealkylation sites (N-methyl/N-ethyl adjacent to an activating group) is 1. The minimum absolute atomic E-state index is 0.860. The molecule has 2 aromatic heterocycles. The SMILES string of the molecule is CNc1cn2ccnc2c(N(C)CCN2CCCC2)n1. The third-order valence-corrected chi connectivity index (χ3v) is 3.92. The van der Waals surface area contributed by atoms with E-state index in [1.54, 1.807) is 0 Å². The van der Waals surface area contributed by atoms with Gasteiger partial charge in [-0.25, -0.2) is 9.97 Å². The first-order valence-corrected chi connectivity index (χ1v) is 7.23. The second kappa shape index (κ2) is 5.66. The van der Waals surface area contributed by atoms with E-state index in [1.807, 2.05) is 30.0 Å². The molecule has 0 unspecified atom stereocenters. The zero-order valence-electron chi connectivity index (χ0n) is 12.2. The zero-order valence-corrected chi connectivity index (χ0v) is 12.2. The second-order valence-electron chi connectivity index (χ2n) is 5.33. The van der Waals surface area contributed by atoms with Crippen LogP contribution in [-0.4, -0.2) is 59.5 Å². The van der Waals surface area contributed by atoms with Crippen LogP contribution in [0.25, 0.3) is 5.65 Å². The number of nitrogens with zero attached hydrogens (tertiary/aromatic N) is 5. The Kier molecular flexibility index (Phi) is 3.73. The number of fused-ring (bicyclic) bond motifs is 1. The van der Waals surface area contributed by atoms with Crippen molar-refractivity contribution in [3.05, 3.63) is 18.6 Å². The van der Waals surface area contributed by atoms with Crippen LogP contribution in [0.15, 0.2) is 18.6 Å². The van der Waals surface area contributed by atoms with Crippen molar-refractivity contribution >= 4 is 17.3 Å². The van der Waals surface area contributed by atoms with Crippen molar-refractivity contribution in [1.82, 2.24) is 19.3 Å². The molecule has 3 rings (SSSR count). The maximum absolute atomic E-state index is 4.65. The van der Waals surface area contributed by atoms with Crippen molar-refractivity contribution in [2.75, 3.05) is 50.5 Å². The van der Waals surface area contributed by atoms with E-state index in [9.17, 15) is 0 Å². The lowest BCUT2D eigenvalue weighted by molar-refractivity contribution is 0.346. The maximum atomic E-state index is 4.65. The molecule has 0 aliphatic carbocycles. The summed E-state index contributed by atoms with van der Waals surface area (Å²) in [7, 11) is 3.98. The molecule has 6 heteroatoms. The summed E-state index contributed by atoms with van der Waals surface area (Å²) in [5.41, 5.74) is 0.910. The molecule has 2 aromatic rings. The summed E-state index contributed by atoms with van der Waals surface area (Å²) >= 11 is 0. The van der Waals surface area contributed by atoms with Gasteiger partial charge in [-0.05, 0) is 25.9 Å². The van der Waals surface area contributed by atoms with Crippen LogP contribution in [0.5, 0.6) is 0 Å². The Morgan fingerprint density at radius 2 is 2.15 bits per heavy atom. The summed E-state index contributed by atoms with van der Waals surface area (Å²) in [6.07, 6.45) is 8.40. The summed E-state index contributed by atoms with van der Waals surface area (Å²) in [6.45, 7) is 4.53. The van der Waals surface area contributed by atoms with Gasteiger partial charge in [-0.15, -0.1) is 0 Å². The summed E-state index contributed by atoms with van der Waals surface area (Å²) < 4.78 is 2.01. The van der Waals surface area contributed by atoms with Crippen LogP contribution in [0.2, 0.25) is 0 Å². The summed E-state index contributed by atoms with van der Waals surface area (Å²) in [6, 6.07) is 0. The van der Waals surface area contributed by atoms with E-state index in [4.69, 9.17) is 0 Å². The molecule has 3 heterocycles. The first-order valence-electron chi connectivity index (χ1n) is 7.23. The Balaban J connectivity index is 1.78. The van der Waals surface area contributed by atoms with Gasteiger partial charge >= 0.3 is 0 Å². The van der Waals surface area contributed by atoms with E-state index in [1.165, 1.54) is 25.9 Å². The van der Waals surface area contributed by atoms with Gasteiger partial charge in [0.2, 0.25) is 0 Å². The van der Waals surface area contributed by atoms with Crippen LogP contribution < -0.4 is 10.2 Å². The highest BCUT2D eigenvalue weighted by Crippen LogP contribution is 2.19. The van der Waals surface area contributed by atoms with Crippen LogP contribution in [0, 0.1) is 0 Å². The van der Waals surface area contributed by atoms with Gasteiger partial charge in [0.1, 0.15) is 5.82 Å². The van der Waals surface area contributed by atoms with E-state index in [0.717, 1.165) is 30.4 Å². The average Bonchev–Trinajstić information content (AvgIpc) is 3.14. The topological polar surface area (TPSA) is 48.7 Å². The Morgan fingerprint density at radius 3 is 2.90 bits per heavy atom. The van der Waals surface area contributed by atoms with Crippen molar-refractivity contribution in [3.63, 3.8) is 0 Å². The fraction of sp³-hybridized carbons (Fsp3) is 0.571. The second-order valence-corrected chi connectivity index (χ2v) is 5.33. The summed E-state index contributed by atoms with van der Waals surface area (Å²) in [5.74, 6) is 1.79. The van der Waals surface area contributed by atoms with Crippen molar-refractivity contribution in [2.45, 2.75) is 12.8 Å². The molecule has 108 valence electrons. The number of rotatable bonds is 5. The molecule has 1 aliphatic heterocycles. The largest absolute Gasteiger partial charge is 0.372 e. The lowest BCUT2D eigenvalue weighted by atomic mass is 10.4. The average molecular weight is 274 g/mol. The van der Waals surface area contributed by atoms with Gasteiger partial charge in [-0.2, -0.15) is 0 Å². The third-order valence-electron chi connectivity index (χ3n) is 3.92. The summed E-state index contributed by atoms with van der Waals surface area (Å²) in [5, 5.41) is 3.10. The van der Waals surface area contributed by atoms with Gasteiger partial charge in [0.25, 0.3) is 0 Å². The lowest BCUT2D eigenvalue weighted by Gasteiger charge is -2.23. The van der Waals surface area contributed by atoms with Crippen LogP contribution in [-0.2, 0) is 0 Å². The summed E-state index contributed by atoms with van der Waals surface area (Å²) in [4.78, 5) is 13.8. The van der Waals surface area contributed by atoms with E-state index in [2.05, 4.69) is 32.1 Å². The normalized spacial score (nSPS) is 15.9. The highest BCUT2D eigenvalue weighted by Gasteiger charge is 2.15. The monoisotopic (exact) mass is 274 g/mol. The molecule has 1 fully saturated rings. The molecule has 1 aliphatic rings. The molecular formula is C14H22N6. The molecule has 1 saturated heterocycles. The van der Waals surface area contributed by atoms with Crippen LogP contribution in [0.4, 0.5) is 11.6 Å². The van der Waals surface area contributed by atoms with Crippen molar-refractivity contribution in [2.24, 2.45) is 0 Å². The van der Waals surface area contributed by atoms with E-state index in [-0.39, 0.29) is 0 Å². The van der Waals surface area contributed by atoms with E-state index < -0.39 is 0 Å². The van der Waals surface area contributed by atoms with E-state index in [0.29, 0.717) is 0 Å². The first kappa shape index (κ1) is 13.2. The quantitative estimate of drug-likeness (QED) is 0.890. The van der Waals surface area contributed by atoms with Gasteiger partial charge in [-0.1, -0.05) is 0 Å². The number of hydrogen-bond acceptors (Lipinski definition) is 5. The highest BCUT2D eigenvalue weighted by molar-refractivity contribution is 5.66. The predicted octanol–water partition coefficient (Wildman–Crippen LogP) is 1.30. The van der Waals surface area contributed by atoms with Crippen LogP contribution in [0.3, 0.4) is 0 Å². The minimum Gasteiger partial charge on any atom is -0.372 e. The molecule has 0 amide bonds. The Bertz CT molecular complexity index is 572. The predicted molar refractivity (Wildman–Crippen MR) is 81.5 cm³/mol. The Hall–Kier alpha value is -1.82. The van der Waals surface area contributed by atoms with Gasteiger partial charge in [-0.3, -0.25) is 0 Å². The third kappa shape index (κ3) is 2.56. The number of anilines is 2. The Morgan fingerprint density at radius 1 is 1.35 bits per heavy atom. The molecule has 0 spiro atoms. The standard InChI is InChI=1S/C14H22N6/c1-15-12-11-20-8-5-16-13(20)14(17-12)18(2)9-10-19-6-3-4-7-19/h5,8,11,15H,3-4,6-7,9-10H2,1-2H3. The molecule has 0 aromatic carbocycles. The van der Waals surface area contributed by atoms with Crippen LogP contribution in [0.1, 0.15) is 12.8 Å². The number of nitrogens with one attached hydrogen (secondary N) is 1. The van der Waals surface area contributed by atoms with Crippen molar-refractivity contribution in [3.8, 4) is 0 Å². The first-order chi connectivity index (χ1) is 9.78. The molecule has 6 nitrogen and oxygen atoms in total. The molecule has 0 atom stereocenters. The van der Waals surface area contributed by atoms with Gasteiger partial charge in [0.15, 0.2) is 11.5 Å². The minimum atomic E-state index is 0.860. The number of likely N-dealkylation sites (tertiary alicyclic amines) is 1. The van der Waals surface area contributed by atoms with Crippen molar-refractivity contribution in [1.29, 1.82) is 0 Å². The smallest absolute Gasteiger partial charge is 0.180 e. The molecule has 1 N–H and O–H groups in total. The van der Waals surface area contributed by atoms with Crippen LogP contribution >= 0.6 is 0 Å². The lowest BCUT2D eigenvalue weighted by Crippen LogP contribution is -2.32. The van der Waals surface area contributed by atoms with E-state index >= 15 is 0 Å². The fourth-order valence-electron chi connectivity index (χ4n) is 2.70. The van der Waals surface area contributed by atoms with Gasteiger partial charge in [0.05, 0.1) is 6.20 Å². The molecule has 0 radical (unpaired) electrons. The van der Waals surface area contributed by atoms with Gasteiger partial charge < -0.3 is 19.5 Å². The number of aromatic nitrogens is 3.